The molecule has 2 amide bonds. The van der Waals surface area contributed by atoms with E-state index >= 15 is 0 Å². The first-order valence-corrected chi connectivity index (χ1v) is 11.6. The van der Waals surface area contributed by atoms with Gasteiger partial charge in [0.05, 0.1) is 31.4 Å². The predicted molar refractivity (Wildman–Crippen MR) is 111 cm³/mol. The van der Waals surface area contributed by atoms with Crippen LogP contribution in [-0.4, -0.2) is 63.3 Å². The summed E-state index contributed by atoms with van der Waals surface area (Å²) in [5.41, 5.74) is -0.769. The van der Waals surface area contributed by atoms with Crippen LogP contribution >= 0.6 is 0 Å². The molecule has 2 saturated heterocycles. The predicted octanol–water partition coefficient (Wildman–Crippen LogP) is 4.04. The molecule has 2 saturated carbocycles. The summed E-state index contributed by atoms with van der Waals surface area (Å²) in [6, 6.07) is 2.40. The van der Waals surface area contributed by atoms with Gasteiger partial charge in [0.1, 0.15) is 17.5 Å². The van der Waals surface area contributed by atoms with Crippen molar-refractivity contribution in [2.45, 2.75) is 56.4 Å². The maximum absolute atomic E-state index is 13.9. The minimum absolute atomic E-state index is 0.0229. The van der Waals surface area contributed by atoms with Crippen LogP contribution < -0.4 is 0 Å². The van der Waals surface area contributed by atoms with Crippen molar-refractivity contribution >= 4 is 6.03 Å². The Morgan fingerprint density at radius 1 is 1.09 bits per heavy atom. The zero-order valence-electron chi connectivity index (χ0n) is 18.4. The number of nitrogens with zero attached hydrogens (tertiary/aromatic N) is 4. The van der Waals surface area contributed by atoms with E-state index in [9.17, 15) is 22.4 Å². The number of benzene rings is 1. The molecular weight excluding hydrogens is 454 g/mol. The molecule has 6 rings (SSSR count). The van der Waals surface area contributed by atoms with Crippen molar-refractivity contribution < 1.29 is 27.1 Å². The van der Waals surface area contributed by atoms with Crippen molar-refractivity contribution in [3.05, 3.63) is 46.8 Å². The lowest BCUT2D eigenvalue weighted by atomic mass is 9.57. The fraction of sp³-hybridized carbons (Fsp3) is 0.609. The van der Waals surface area contributed by atoms with Gasteiger partial charge in [-0.2, -0.15) is 13.2 Å². The van der Waals surface area contributed by atoms with E-state index in [0.717, 1.165) is 49.7 Å². The van der Waals surface area contributed by atoms with E-state index in [1.807, 2.05) is 4.90 Å². The van der Waals surface area contributed by atoms with Crippen LogP contribution in [0.5, 0.6) is 0 Å². The average Bonchev–Trinajstić information content (AvgIpc) is 3.43. The highest BCUT2D eigenvalue weighted by Gasteiger charge is 2.56. The normalized spacial score (nSPS) is 22.5. The summed E-state index contributed by atoms with van der Waals surface area (Å²) in [5, 5.41) is 8.58. The van der Waals surface area contributed by atoms with Gasteiger partial charge in [0.2, 0.25) is 0 Å². The van der Waals surface area contributed by atoms with Crippen LogP contribution in [0.3, 0.4) is 0 Å². The largest absolute Gasteiger partial charge is 0.416 e. The smallest absolute Gasteiger partial charge is 0.370 e. The zero-order chi connectivity index (χ0) is 23.7. The number of nitrogens with one attached hydrogen (secondary N) is 1. The molecule has 0 unspecified atom stereocenters. The fourth-order valence-corrected chi connectivity index (χ4v) is 5.30. The Hall–Kier alpha value is -2.69. The lowest BCUT2D eigenvalue weighted by molar-refractivity contribution is -0.137. The molecule has 2 aliphatic carbocycles. The van der Waals surface area contributed by atoms with Crippen molar-refractivity contribution in [2.75, 3.05) is 26.2 Å². The van der Waals surface area contributed by atoms with Gasteiger partial charge in [-0.1, -0.05) is 6.07 Å². The molecule has 182 valence electrons. The minimum Gasteiger partial charge on any atom is -0.370 e. The molecule has 4 fully saturated rings. The van der Waals surface area contributed by atoms with Gasteiger partial charge in [-0.3, -0.25) is 0 Å². The van der Waals surface area contributed by atoms with Crippen molar-refractivity contribution in [1.29, 1.82) is 0 Å². The number of alkyl halides is 3. The Morgan fingerprint density at radius 3 is 2.38 bits per heavy atom. The monoisotopic (exact) mass is 479 g/mol. The number of rotatable bonds is 5. The van der Waals surface area contributed by atoms with Crippen molar-refractivity contribution in [2.24, 2.45) is 5.41 Å². The van der Waals surface area contributed by atoms with Gasteiger partial charge >= 0.3 is 12.2 Å². The van der Waals surface area contributed by atoms with Crippen molar-refractivity contribution in [3.8, 4) is 0 Å². The Morgan fingerprint density at radius 2 is 1.76 bits per heavy atom. The number of urea groups is 1. The first kappa shape index (κ1) is 21.8. The lowest BCUT2D eigenvalue weighted by Gasteiger charge is -2.59. The number of carbonyl (C=O) groups excluding carboxylic acids is 1. The average molecular weight is 479 g/mol. The summed E-state index contributed by atoms with van der Waals surface area (Å²) >= 11 is 0. The van der Waals surface area contributed by atoms with Crippen LogP contribution in [0.15, 0.2) is 18.2 Å². The standard InChI is InChI=1S/C23H25F4N5O2/c24-18-5-16(23(25,26)27)4-3-14(18)10-34-17-8-31(9-17)21(33)32-11-22(12-32)6-15(7-22)20-28-19(29-30-20)13-1-2-13/h3-5,13,15,17H,1-2,6-12H2,(H,28,29,30). The molecule has 0 radical (unpaired) electrons. The van der Waals surface area contributed by atoms with Crippen LogP contribution in [0.25, 0.3) is 0 Å². The number of amides is 2. The summed E-state index contributed by atoms with van der Waals surface area (Å²) in [4.78, 5) is 19.6. The molecule has 4 aliphatic rings. The molecular formula is C23H25F4N5O2. The van der Waals surface area contributed by atoms with Crippen LogP contribution in [0, 0.1) is 11.2 Å². The molecule has 3 heterocycles. The van der Waals surface area contributed by atoms with Crippen molar-refractivity contribution in [3.63, 3.8) is 0 Å². The molecule has 0 bridgehead atoms. The third kappa shape index (κ3) is 3.93. The van der Waals surface area contributed by atoms with Gasteiger partial charge in [0.15, 0.2) is 0 Å². The number of ether oxygens (including phenoxy) is 1. The number of carbonyl (C=O) groups is 1. The lowest BCUT2D eigenvalue weighted by Crippen LogP contribution is -2.68. The van der Waals surface area contributed by atoms with Gasteiger partial charge < -0.3 is 19.5 Å². The second kappa shape index (κ2) is 7.66. The number of hydrogen-bond donors (Lipinski definition) is 1. The number of halogens is 4. The number of aromatic amines is 1. The highest BCUT2D eigenvalue weighted by atomic mass is 19.4. The number of hydrogen-bond acceptors (Lipinski definition) is 4. The van der Waals surface area contributed by atoms with Gasteiger partial charge in [0, 0.05) is 35.9 Å². The molecule has 2 aliphatic heterocycles. The fourth-order valence-electron chi connectivity index (χ4n) is 5.30. The molecule has 1 spiro atoms. The third-order valence-electron chi connectivity index (χ3n) is 7.53. The Balaban J connectivity index is 0.922. The number of likely N-dealkylation sites (tertiary alicyclic amines) is 2. The highest BCUT2D eigenvalue weighted by Crippen LogP contribution is 2.55. The van der Waals surface area contributed by atoms with E-state index in [1.165, 1.54) is 12.8 Å². The molecule has 11 heteroatoms. The van der Waals surface area contributed by atoms with Crippen LogP contribution in [0.1, 0.15) is 60.3 Å². The summed E-state index contributed by atoms with van der Waals surface area (Å²) in [7, 11) is 0. The summed E-state index contributed by atoms with van der Waals surface area (Å²) < 4.78 is 57.5. The quantitative estimate of drug-likeness (QED) is 0.657. The van der Waals surface area contributed by atoms with E-state index in [4.69, 9.17) is 4.74 Å². The zero-order valence-corrected chi connectivity index (χ0v) is 18.4. The van der Waals surface area contributed by atoms with Crippen LogP contribution in [0.2, 0.25) is 0 Å². The SMILES string of the molecule is O=C(N1CC(OCc2ccc(C(F)(F)F)cc2F)C1)N1CC2(CC(c3nnc(C4CC4)[nH]3)C2)C1. The van der Waals surface area contributed by atoms with Gasteiger partial charge in [-0.05, 0) is 37.8 Å². The van der Waals surface area contributed by atoms with Gasteiger partial charge in [0.25, 0.3) is 0 Å². The third-order valence-corrected chi connectivity index (χ3v) is 7.53. The molecule has 1 aromatic heterocycles. The molecule has 7 nitrogen and oxygen atoms in total. The second-order valence-electron chi connectivity index (χ2n) is 10.3. The highest BCUT2D eigenvalue weighted by molar-refractivity contribution is 5.76. The van der Waals surface area contributed by atoms with Crippen LogP contribution in [-0.2, 0) is 17.5 Å². The first-order chi connectivity index (χ1) is 16.2. The van der Waals surface area contributed by atoms with E-state index in [-0.39, 0.29) is 29.7 Å². The number of aromatic nitrogens is 3. The van der Waals surface area contributed by atoms with E-state index in [2.05, 4.69) is 15.2 Å². The Labute approximate surface area is 193 Å². The molecule has 1 aromatic carbocycles. The van der Waals surface area contributed by atoms with Crippen LogP contribution in [0.4, 0.5) is 22.4 Å². The molecule has 34 heavy (non-hydrogen) atoms. The maximum atomic E-state index is 13.9. The van der Waals surface area contributed by atoms with E-state index in [0.29, 0.717) is 31.0 Å². The van der Waals surface area contributed by atoms with Crippen molar-refractivity contribution in [1.82, 2.24) is 25.0 Å². The molecule has 1 N–H and O–H groups in total. The second-order valence-corrected chi connectivity index (χ2v) is 10.3. The summed E-state index contributed by atoms with van der Waals surface area (Å²) in [6.45, 7) is 2.15. The van der Waals surface area contributed by atoms with E-state index < -0.39 is 17.6 Å². The van der Waals surface area contributed by atoms with Gasteiger partial charge in [-0.15, -0.1) is 10.2 Å². The summed E-state index contributed by atoms with van der Waals surface area (Å²) in [5.74, 6) is 2.00. The first-order valence-electron chi connectivity index (χ1n) is 11.6. The molecule has 0 atom stereocenters. The Kier molecular flexibility index (Phi) is 4.91. The molecule has 2 aromatic rings. The maximum Gasteiger partial charge on any atom is 0.416 e. The summed E-state index contributed by atoms with van der Waals surface area (Å²) in [6.07, 6.45) is -0.425. The number of H-pyrrole nitrogens is 1. The Bertz CT molecular complexity index is 1100. The minimum atomic E-state index is -4.58. The topological polar surface area (TPSA) is 74.3 Å². The van der Waals surface area contributed by atoms with E-state index in [1.54, 1.807) is 4.90 Å². The van der Waals surface area contributed by atoms with Gasteiger partial charge in [-0.25, -0.2) is 9.18 Å².